The summed E-state index contributed by atoms with van der Waals surface area (Å²) in [6.07, 6.45) is 5.71. The first kappa shape index (κ1) is 43.9. The van der Waals surface area contributed by atoms with Crippen molar-refractivity contribution < 1.29 is 26.7 Å². The van der Waals surface area contributed by atoms with E-state index in [0.717, 1.165) is 52.2 Å². The number of nitrogens with two attached hydrogens (primary N) is 3. The zero-order chi connectivity index (χ0) is 45.9. The van der Waals surface area contributed by atoms with Gasteiger partial charge in [-0.05, 0) is 103 Å². The van der Waals surface area contributed by atoms with E-state index in [9.17, 15) is 8.42 Å². The normalized spacial score (nSPS) is 11.1. The van der Waals surface area contributed by atoms with Gasteiger partial charge in [0.15, 0.2) is 11.5 Å². The van der Waals surface area contributed by atoms with Crippen LogP contribution in [0.25, 0.3) is 34.7 Å². The van der Waals surface area contributed by atoms with E-state index in [-0.39, 0.29) is 23.5 Å². The summed E-state index contributed by atoms with van der Waals surface area (Å²) in [5, 5.41) is 11.1. The van der Waals surface area contributed by atoms with Crippen LogP contribution in [0.2, 0.25) is 0 Å². The molecule has 0 unspecified atom stereocenters. The zero-order valence-electron chi connectivity index (χ0n) is 35.2. The topological polar surface area (TPSA) is 281 Å². The molecule has 0 amide bonds. The number of anilines is 3. The first-order valence-corrected chi connectivity index (χ1v) is 22.1. The highest BCUT2D eigenvalue weighted by Gasteiger charge is 2.19. The van der Waals surface area contributed by atoms with Gasteiger partial charge in [0.2, 0.25) is 39.3 Å². The van der Waals surface area contributed by atoms with E-state index in [1.54, 1.807) is 30.5 Å². The molecule has 6 aromatic heterocycles. The van der Waals surface area contributed by atoms with E-state index in [2.05, 4.69) is 45.4 Å². The number of hydrogen-bond acceptors (Lipinski definition) is 18. The summed E-state index contributed by atoms with van der Waals surface area (Å²) in [6, 6.07) is 42.3. The fourth-order valence-electron chi connectivity index (χ4n) is 6.04. The number of rotatable bonds is 13. The van der Waals surface area contributed by atoms with Crippen molar-refractivity contribution >= 4 is 39.2 Å². The van der Waals surface area contributed by atoms with Crippen molar-refractivity contribution in [1.82, 2.24) is 49.1 Å². The van der Waals surface area contributed by atoms with Crippen molar-refractivity contribution in [3.8, 4) is 46.2 Å². The van der Waals surface area contributed by atoms with Gasteiger partial charge in [-0.25, -0.2) is 8.42 Å². The van der Waals surface area contributed by atoms with Crippen LogP contribution in [0.4, 0.5) is 17.8 Å². The number of sulfone groups is 1. The summed E-state index contributed by atoms with van der Waals surface area (Å²) in [5.41, 5.74) is 19.5. The summed E-state index contributed by atoms with van der Waals surface area (Å²) in [4.78, 5) is 24.5. The molecule has 10 rings (SSSR count). The summed E-state index contributed by atoms with van der Waals surface area (Å²) in [5.74, 6) is 5.80. The Balaban J connectivity index is 0.000000145. The van der Waals surface area contributed by atoms with Crippen molar-refractivity contribution in [2.24, 2.45) is 5.73 Å². The molecule has 0 aliphatic carbocycles. The minimum atomic E-state index is -3.57. The van der Waals surface area contributed by atoms with Gasteiger partial charge in [-0.1, -0.05) is 60.7 Å². The number of furan rings is 2. The standard InChI is InChI=1S/C22H19N7O2.C14H15NO.C9H8N6O3S/c23-20-26-21(27-22-25-19(28-29(20)22)18-7-4-14-30-18)24-13-12-15-8-10-17(11-9-15)31-16-5-2-1-3-6-16;15-11-10-12-6-8-14(9-7-12)16-13-4-2-1-3-5-13;1-19(16,17)9-12-7(10)15-8(13-9)11-6(14-15)5-3-2-4-18-5/h1-11,14H,12-13H2,(H3,23,24,25,26,27,28);1-9H,10-11,15H2;2-4H,1H3,(H2,10,11,12,13,14). The Kier molecular flexibility index (Phi) is 13.5. The van der Waals surface area contributed by atoms with Crippen LogP contribution in [-0.4, -0.2) is 76.9 Å². The highest BCUT2D eigenvalue weighted by Crippen LogP contribution is 2.23. The molecule has 7 N–H and O–H groups in total. The molecule has 0 aliphatic heterocycles. The second-order valence-electron chi connectivity index (χ2n) is 14.1. The summed E-state index contributed by atoms with van der Waals surface area (Å²) in [6.45, 7) is 1.31. The molecular weight excluding hydrogens is 865 g/mol. The SMILES string of the molecule is CS(=O)(=O)c1nc(N)n2nc(-c3ccco3)nc2n1.NCCc1ccc(Oc2ccccc2)cc1.Nc1nc(NCCc2ccc(Oc3ccccc3)cc2)nc2nc(-c3ccco3)nn12. The zero-order valence-corrected chi connectivity index (χ0v) is 36.1. The number of ether oxygens (including phenoxy) is 2. The lowest BCUT2D eigenvalue weighted by Gasteiger charge is -2.08. The molecule has 0 saturated heterocycles. The lowest BCUT2D eigenvalue weighted by molar-refractivity contribution is 0.482. The molecule has 0 bridgehead atoms. The molecule has 0 fully saturated rings. The Bertz CT molecular complexity index is 3220. The molecule has 6 heterocycles. The molecule has 20 nitrogen and oxygen atoms in total. The van der Waals surface area contributed by atoms with Crippen LogP contribution in [0.3, 0.4) is 0 Å². The Morgan fingerprint density at radius 1 is 0.561 bits per heavy atom. The van der Waals surface area contributed by atoms with Gasteiger partial charge in [0, 0.05) is 12.8 Å². The number of fused-ring (bicyclic) bond motifs is 2. The molecule has 10 aromatic rings. The van der Waals surface area contributed by atoms with Crippen LogP contribution >= 0.6 is 0 Å². The number of benzene rings is 4. The third kappa shape index (κ3) is 11.3. The summed E-state index contributed by atoms with van der Waals surface area (Å²) in [7, 11) is -3.57. The summed E-state index contributed by atoms with van der Waals surface area (Å²) < 4.78 is 47.3. The Hall–Kier alpha value is -8.69. The fraction of sp³-hybridized carbons (Fsp3) is 0.111. The average Bonchev–Trinajstić information content (AvgIpc) is 4.17. The third-order valence-corrected chi connectivity index (χ3v) is 10.0. The first-order valence-electron chi connectivity index (χ1n) is 20.2. The van der Waals surface area contributed by atoms with Gasteiger partial charge >= 0.3 is 0 Å². The summed E-state index contributed by atoms with van der Waals surface area (Å²) >= 11 is 0. The van der Waals surface area contributed by atoms with Crippen LogP contribution in [0, 0.1) is 0 Å². The van der Waals surface area contributed by atoms with Crippen LogP contribution in [0.1, 0.15) is 11.1 Å². The molecule has 0 saturated carbocycles. The van der Waals surface area contributed by atoms with Crippen molar-refractivity contribution in [3.05, 3.63) is 157 Å². The van der Waals surface area contributed by atoms with Gasteiger partial charge in [-0.3, -0.25) is 0 Å². The van der Waals surface area contributed by atoms with Gasteiger partial charge in [-0.15, -0.1) is 10.2 Å². The van der Waals surface area contributed by atoms with Gasteiger partial charge < -0.3 is 40.8 Å². The third-order valence-electron chi connectivity index (χ3n) is 9.20. The maximum atomic E-state index is 11.4. The number of hydrogen-bond donors (Lipinski definition) is 4. The quantitative estimate of drug-likeness (QED) is 0.0953. The van der Waals surface area contributed by atoms with E-state index >= 15 is 0 Å². The maximum absolute atomic E-state index is 11.4. The van der Waals surface area contributed by atoms with E-state index in [1.165, 1.54) is 16.3 Å². The lowest BCUT2D eigenvalue weighted by Crippen LogP contribution is -2.12. The van der Waals surface area contributed by atoms with Gasteiger partial charge in [0.25, 0.3) is 16.7 Å². The minimum Gasteiger partial charge on any atom is -0.461 e. The number of nitrogens with zero attached hydrogens (tertiary/aromatic N) is 10. The average molecular weight is 907 g/mol. The maximum Gasteiger partial charge on any atom is 0.259 e. The van der Waals surface area contributed by atoms with Crippen molar-refractivity contribution in [2.45, 2.75) is 18.0 Å². The Morgan fingerprint density at radius 3 is 1.50 bits per heavy atom. The monoisotopic (exact) mass is 906 g/mol. The smallest absolute Gasteiger partial charge is 0.259 e. The van der Waals surface area contributed by atoms with E-state index in [1.807, 2.05) is 109 Å². The predicted octanol–water partition coefficient (Wildman–Crippen LogP) is 6.55. The van der Waals surface area contributed by atoms with Crippen molar-refractivity contribution in [2.75, 3.05) is 36.1 Å². The molecular formula is C45H42N14O6S. The highest BCUT2D eigenvalue weighted by molar-refractivity contribution is 7.90. The van der Waals surface area contributed by atoms with Crippen LogP contribution in [0.15, 0.2) is 160 Å². The van der Waals surface area contributed by atoms with Gasteiger partial charge in [0.05, 0.1) is 12.5 Å². The molecule has 66 heavy (non-hydrogen) atoms. The molecule has 0 aliphatic rings. The highest BCUT2D eigenvalue weighted by atomic mass is 32.2. The van der Waals surface area contributed by atoms with Gasteiger partial charge in [-0.2, -0.15) is 38.9 Å². The number of para-hydroxylation sites is 2. The molecule has 0 spiro atoms. The molecule has 21 heteroatoms. The number of aromatic nitrogens is 10. The molecule has 0 radical (unpaired) electrons. The predicted molar refractivity (Wildman–Crippen MR) is 245 cm³/mol. The Labute approximate surface area is 377 Å². The van der Waals surface area contributed by atoms with Crippen molar-refractivity contribution in [3.63, 3.8) is 0 Å². The van der Waals surface area contributed by atoms with E-state index in [4.69, 9.17) is 35.5 Å². The van der Waals surface area contributed by atoms with E-state index in [0.29, 0.717) is 42.2 Å². The van der Waals surface area contributed by atoms with Crippen LogP contribution in [0.5, 0.6) is 23.0 Å². The van der Waals surface area contributed by atoms with E-state index < -0.39 is 15.0 Å². The Morgan fingerprint density at radius 2 is 1.03 bits per heavy atom. The number of nitrogen functional groups attached to an aromatic ring is 2. The van der Waals surface area contributed by atoms with Gasteiger partial charge in [0.1, 0.15) is 23.0 Å². The minimum absolute atomic E-state index is 0.0410. The van der Waals surface area contributed by atoms with Crippen LogP contribution in [-0.2, 0) is 22.7 Å². The number of nitrogens with one attached hydrogen (secondary N) is 1. The molecule has 4 aromatic carbocycles. The lowest BCUT2D eigenvalue weighted by atomic mass is 10.1. The second-order valence-corrected chi connectivity index (χ2v) is 16.0. The second kappa shape index (κ2) is 20.2. The fourth-order valence-corrected chi connectivity index (χ4v) is 6.55. The molecule has 0 atom stereocenters. The largest absolute Gasteiger partial charge is 0.461 e. The van der Waals surface area contributed by atoms with Crippen LogP contribution < -0.4 is 32.0 Å². The molecule has 334 valence electrons. The van der Waals surface area contributed by atoms with Crippen molar-refractivity contribution in [1.29, 1.82) is 0 Å². The first-order chi connectivity index (χ1) is 32.1.